The fourth-order valence-corrected chi connectivity index (χ4v) is 6.84. The van der Waals surface area contributed by atoms with Gasteiger partial charge in [-0.1, -0.05) is 30.3 Å². The number of nitrogens with zero attached hydrogens (tertiary/aromatic N) is 5. The summed E-state index contributed by atoms with van der Waals surface area (Å²) >= 11 is 0. The van der Waals surface area contributed by atoms with E-state index in [1.807, 2.05) is 17.1 Å². The van der Waals surface area contributed by atoms with Gasteiger partial charge in [0.15, 0.2) is 0 Å². The Kier molecular flexibility index (Phi) is 10.1. The van der Waals surface area contributed by atoms with Gasteiger partial charge in [-0.2, -0.15) is 5.26 Å². The first-order valence-corrected chi connectivity index (χ1v) is 17.1. The van der Waals surface area contributed by atoms with Crippen molar-refractivity contribution in [3.63, 3.8) is 0 Å². The molecule has 3 heterocycles. The second kappa shape index (κ2) is 14.8. The molecule has 50 heavy (non-hydrogen) atoms. The van der Waals surface area contributed by atoms with Crippen molar-refractivity contribution in [2.24, 2.45) is 0 Å². The third kappa shape index (κ3) is 7.60. The zero-order chi connectivity index (χ0) is 35.3. The number of benzene rings is 3. The number of carbonyl (C=O) groups excluding carboxylic acids is 1. The van der Waals surface area contributed by atoms with Crippen molar-refractivity contribution in [1.29, 1.82) is 5.26 Å². The van der Waals surface area contributed by atoms with Crippen LogP contribution in [0.1, 0.15) is 22.3 Å². The van der Waals surface area contributed by atoms with Gasteiger partial charge in [-0.05, 0) is 59.4 Å². The Bertz CT molecular complexity index is 2210. The molecule has 0 atom stereocenters. The minimum atomic E-state index is -4.26. The average Bonchev–Trinajstić information content (AvgIpc) is 3.50. The number of ether oxygens (including phenoxy) is 2. The molecule has 0 unspecified atom stereocenters. The van der Waals surface area contributed by atoms with Crippen LogP contribution in [-0.4, -0.2) is 68.8 Å². The molecule has 1 fully saturated rings. The first-order valence-electron chi connectivity index (χ1n) is 15.6. The molecule has 5 aromatic rings. The van der Waals surface area contributed by atoms with E-state index in [0.717, 1.165) is 25.2 Å². The molecule has 0 aliphatic carbocycles. The highest BCUT2D eigenvalue weighted by molar-refractivity contribution is 7.91. The van der Waals surface area contributed by atoms with Crippen molar-refractivity contribution < 1.29 is 36.6 Å². The molecule has 2 aromatic heterocycles. The molecular weight excluding hydrogens is 668 g/mol. The number of amides is 1. The van der Waals surface area contributed by atoms with E-state index in [9.17, 15) is 23.2 Å². The van der Waals surface area contributed by atoms with Crippen LogP contribution in [0.5, 0.6) is 11.6 Å². The Balaban J connectivity index is 1.01. The van der Waals surface area contributed by atoms with Crippen LogP contribution >= 0.6 is 0 Å². The van der Waals surface area contributed by atoms with Gasteiger partial charge in [-0.25, -0.2) is 18.2 Å². The van der Waals surface area contributed by atoms with E-state index in [4.69, 9.17) is 19.2 Å². The highest BCUT2D eigenvalue weighted by Crippen LogP contribution is 2.26. The molecule has 0 bridgehead atoms. The predicted molar refractivity (Wildman–Crippen MR) is 175 cm³/mol. The molecule has 1 N–H and O–H groups in total. The number of nitrogens with one attached hydrogen (secondary N) is 1. The molecule has 15 nitrogen and oxygen atoms in total. The van der Waals surface area contributed by atoms with Crippen LogP contribution in [0.15, 0.2) is 96.6 Å². The number of aryl methyl sites for hydroxylation is 1. The number of hydrogen-bond acceptors (Lipinski definition) is 13. The van der Waals surface area contributed by atoms with Crippen molar-refractivity contribution in [3.8, 4) is 17.7 Å². The molecule has 6 rings (SSSR count). The number of nitriles is 1. The second-order valence-electron chi connectivity index (χ2n) is 11.5. The topological polar surface area (TPSA) is 195 Å². The van der Waals surface area contributed by atoms with Gasteiger partial charge in [0.25, 0.3) is 9.84 Å². The Morgan fingerprint density at radius 3 is 2.48 bits per heavy atom. The number of hydrazine groups is 1. The van der Waals surface area contributed by atoms with E-state index in [1.165, 1.54) is 30.3 Å². The predicted octanol–water partition coefficient (Wildman–Crippen LogP) is 2.28. The summed E-state index contributed by atoms with van der Waals surface area (Å²) in [4.78, 5) is 27.8. The normalized spacial score (nSPS) is 13.9. The molecule has 16 heteroatoms. The largest absolute Gasteiger partial charge is 0.490 e. The van der Waals surface area contributed by atoms with Gasteiger partial charge in [0, 0.05) is 44.2 Å². The van der Waals surface area contributed by atoms with Gasteiger partial charge in [0.2, 0.25) is 5.91 Å². The Labute approximate surface area is 286 Å². The molecule has 1 aliphatic rings. The van der Waals surface area contributed by atoms with Crippen LogP contribution < -0.4 is 25.4 Å². The SMILES string of the molecule is Cc1c(CC(=O)NN2CCN(Cc3ccc(C#N)cc3)CC2)c(=O)oc2cc(OCCOc3no[n+]([O-])c3S(=O)(=O)c3ccccc3)ccc12. The average molecular weight is 701 g/mol. The van der Waals surface area contributed by atoms with Crippen molar-refractivity contribution >= 4 is 26.7 Å². The van der Waals surface area contributed by atoms with E-state index in [-0.39, 0.29) is 46.5 Å². The molecule has 1 amide bonds. The fourth-order valence-electron chi connectivity index (χ4n) is 5.54. The van der Waals surface area contributed by atoms with Crippen molar-refractivity contribution in [1.82, 2.24) is 20.5 Å². The van der Waals surface area contributed by atoms with Crippen molar-refractivity contribution in [2.45, 2.75) is 29.8 Å². The molecule has 1 aliphatic heterocycles. The van der Waals surface area contributed by atoms with Gasteiger partial charge < -0.3 is 19.1 Å². The van der Waals surface area contributed by atoms with Gasteiger partial charge in [-0.15, -0.1) is 0 Å². The lowest BCUT2D eigenvalue weighted by Crippen LogP contribution is -2.53. The van der Waals surface area contributed by atoms with Crippen LogP contribution in [0.4, 0.5) is 0 Å². The maximum atomic E-state index is 12.9. The first kappa shape index (κ1) is 34.1. The molecule has 0 radical (unpaired) electrons. The lowest BCUT2D eigenvalue weighted by atomic mass is 10.0. The third-order valence-corrected chi connectivity index (χ3v) is 9.91. The molecule has 0 saturated carbocycles. The Hall–Kier alpha value is -5.76. The van der Waals surface area contributed by atoms with Crippen molar-refractivity contribution in [2.75, 3.05) is 39.4 Å². The van der Waals surface area contributed by atoms with E-state index >= 15 is 0 Å². The number of fused-ring (bicyclic) bond motifs is 1. The van der Waals surface area contributed by atoms with E-state index < -0.39 is 26.4 Å². The molecule has 258 valence electrons. The Morgan fingerprint density at radius 2 is 1.76 bits per heavy atom. The highest BCUT2D eigenvalue weighted by Gasteiger charge is 2.35. The van der Waals surface area contributed by atoms with Crippen LogP contribution in [0, 0.1) is 23.5 Å². The number of carbonyl (C=O) groups is 1. The van der Waals surface area contributed by atoms with Crippen LogP contribution in [0.3, 0.4) is 0 Å². The molecule has 3 aromatic carbocycles. The monoisotopic (exact) mass is 700 g/mol. The summed E-state index contributed by atoms with van der Waals surface area (Å²) in [5, 5.41) is 26.2. The summed E-state index contributed by atoms with van der Waals surface area (Å²) < 4.78 is 47.0. The zero-order valence-corrected chi connectivity index (χ0v) is 27.7. The van der Waals surface area contributed by atoms with E-state index in [1.54, 1.807) is 37.3 Å². The van der Waals surface area contributed by atoms with Gasteiger partial charge in [0.05, 0.1) is 33.7 Å². The first-order chi connectivity index (χ1) is 24.1. The number of hydrogen-bond donors (Lipinski definition) is 1. The summed E-state index contributed by atoms with van der Waals surface area (Å²) in [6, 6.07) is 21.8. The fraction of sp³-hybridized carbons (Fsp3) is 0.265. The van der Waals surface area contributed by atoms with Crippen LogP contribution in [-0.2, 0) is 27.6 Å². The van der Waals surface area contributed by atoms with Gasteiger partial charge >= 0.3 is 16.5 Å². The summed E-state index contributed by atoms with van der Waals surface area (Å²) in [5.41, 5.74) is 5.11. The molecule has 0 spiro atoms. The third-order valence-electron chi connectivity index (χ3n) is 8.19. The molecule has 1 saturated heterocycles. The quantitative estimate of drug-likeness (QED) is 0.113. The summed E-state index contributed by atoms with van der Waals surface area (Å²) in [5.74, 6) is -0.496. The number of piperazine rings is 1. The number of rotatable bonds is 12. The van der Waals surface area contributed by atoms with E-state index in [0.29, 0.717) is 35.4 Å². The van der Waals surface area contributed by atoms with Crippen molar-refractivity contribution in [3.05, 3.63) is 111 Å². The number of sulfone groups is 1. The van der Waals surface area contributed by atoms with Gasteiger partial charge in [0.1, 0.15) is 24.5 Å². The maximum absolute atomic E-state index is 12.9. The summed E-state index contributed by atoms with van der Waals surface area (Å²) in [6.45, 7) is 4.95. The Morgan fingerprint density at radius 1 is 1.04 bits per heavy atom. The second-order valence-corrected chi connectivity index (χ2v) is 13.4. The van der Waals surface area contributed by atoms with Crippen LogP contribution in [0.2, 0.25) is 0 Å². The minimum absolute atomic E-state index is 0.0762. The minimum Gasteiger partial charge on any atom is -0.490 e. The highest BCUT2D eigenvalue weighted by atomic mass is 32.2. The van der Waals surface area contributed by atoms with Gasteiger partial charge in [-0.3, -0.25) is 19.7 Å². The standard InChI is InChI=1S/C34H32N6O9S/c1-23-28-12-11-26(46-17-18-47-32-33(40(43)49-37-32)50(44,45)27-5-3-2-4-6-27)19-30(28)48-34(42)29(23)20-31(41)36-39-15-13-38(14-16-39)22-25-9-7-24(21-35)8-10-25/h2-12,19H,13-18,20,22H2,1H3,(H,36,41). The number of aromatic nitrogens is 2. The maximum Gasteiger partial charge on any atom is 0.415 e. The molecular formula is C34H32N6O9S. The summed E-state index contributed by atoms with van der Waals surface area (Å²) in [7, 11) is -4.26. The lowest BCUT2D eigenvalue weighted by molar-refractivity contribution is -0.832. The zero-order valence-electron chi connectivity index (χ0n) is 26.9. The smallest absolute Gasteiger partial charge is 0.415 e. The lowest BCUT2D eigenvalue weighted by Gasteiger charge is -2.34. The van der Waals surface area contributed by atoms with Crippen LogP contribution in [0.25, 0.3) is 11.0 Å². The summed E-state index contributed by atoms with van der Waals surface area (Å²) in [6.07, 6.45) is -0.154. The van der Waals surface area contributed by atoms with E-state index in [2.05, 4.69) is 26.2 Å².